The molecule has 6 nitrogen and oxygen atoms in total. The number of allylic oxidation sites excluding steroid dienone is 10. The van der Waals surface area contributed by atoms with Gasteiger partial charge in [-0.15, -0.1) is 0 Å². The number of carbonyl (C=O) groups excluding carboxylic acids is 2. The van der Waals surface area contributed by atoms with Gasteiger partial charge in [-0.25, -0.2) is 0 Å². The van der Waals surface area contributed by atoms with Gasteiger partial charge in [0.25, 0.3) is 0 Å². The molecule has 0 spiro atoms. The predicted octanol–water partition coefficient (Wildman–Crippen LogP) is 9.05. The lowest BCUT2D eigenvalue weighted by molar-refractivity contribution is -0.161. The zero-order chi connectivity index (χ0) is 32.5. The van der Waals surface area contributed by atoms with Crippen LogP contribution in [0, 0.1) is 5.92 Å². The third-order valence-corrected chi connectivity index (χ3v) is 7.15. The lowest BCUT2D eigenvalue weighted by atomic mass is 10.00. The number of unbranched alkanes of at least 4 members (excludes halogenated alkanes) is 5. The quantitative estimate of drug-likeness (QED) is 0.0395. The van der Waals surface area contributed by atoms with Gasteiger partial charge < -0.3 is 19.7 Å². The molecule has 2 N–H and O–H groups in total. The van der Waals surface area contributed by atoms with Crippen LogP contribution in [0.15, 0.2) is 72.9 Å². The van der Waals surface area contributed by atoms with E-state index >= 15 is 0 Å². The van der Waals surface area contributed by atoms with Gasteiger partial charge in [0.15, 0.2) is 6.10 Å². The summed E-state index contributed by atoms with van der Waals surface area (Å²) in [5.74, 6) is 0.0243. The van der Waals surface area contributed by atoms with Crippen molar-refractivity contribution in [1.82, 2.24) is 0 Å². The second kappa shape index (κ2) is 31.7. The number of hydrogen-bond acceptors (Lipinski definition) is 6. The molecular formula is C38H62O6. The zero-order valence-corrected chi connectivity index (χ0v) is 27.9. The first-order valence-electron chi connectivity index (χ1n) is 17.0. The normalized spacial score (nSPS) is 14.6. The minimum absolute atomic E-state index is 0.135. The topological polar surface area (TPSA) is 93.1 Å². The fourth-order valence-electron chi connectivity index (χ4n) is 4.17. The van der Waals surface area contributed by atoms with Crippen LogP contribution < -0.4 is 0 Å². The highest BCUT2D eigenvalue weighted by atomic mass is 16.6. The van der Waals surface area contributed by atoms with E-state index in [0.717, 1.165) is 50.9 Å². The number of carbonyl (C=O) groups is 2. The van der Waals surface area contributed by atoms with Crippen molar-refractivity contribution in [3.05, 3.63) is 72.9 Å². The van der Waals surface area contributed by atoms with Gasteiger partial charge in [-0.1, -0.05) is 139 Å². The molecule has 250 valence electrons. The van der Waals surface area contributed by atoms with Crippen molar-refractivity contribution in [2.45, 2.75) is 136 Å². The Bertz CT molecular complexity index is 867. The van der Waals surface area contributed by atoms with Crippen molar-refractivity contribution >= 4 is 11.9 Å². The maximum Gasteiger partial charge on any atom is 0.306 e. The van der Waals surface area contributed by atoms with Crippen LogP contribution in [0.5, 0.6) is 0 Å². The molecule has 0 bridgehead atoms. The van der Waals surface area contributed by atoms with Crippen molar-refractivity contribution in [1.29, 1.82) is 0 Å². The second-order valence-electron chi connectivity index (χ2n) is 11.3. The first-order valence-corrected chi connectivity index (χ1v) is 17.0. The summed E-state index contributed by atoms with van der Waals surface area (Å²) < 4.78 is 10.4. The van der Waals surface area contributed by atoms with Crippen LogP contribution in [0.25, 0.3) is 0 Å². The molecular weight excluding hydrogens is 552 g/mol. The first kappa shape index (κ1) is 41.3. The molecule has 0 amide bonds. The summed E-state index contributed by atoms with van der Waals surface area (Å²) in [6.45, 7) is 6.13. The average molecular weight is 615 g/mol. The summed E-state index contributed by atoms with van der Waals surface area (Å²) >= 11 is 0. The van der Waals surface area contributed by atoms with E-state index < -0.39 is 24.8 Å². The lowest BCUT2D eigenvalue weighted by Crippen LogP contribution is -2.28. The van der Waals surface area contributed by atoms with E-state index in [1.165, 1.54) is 32.1 Å². The number of esters is 2. The van der Waals surface area contributed by atoms with Gasteiger partial charge in [-0.2, -0.15) is 0 Å². The molecule has 0 fully saturated rings. The van der Waals surface area contributed by atoms with Crippen LogP contribution in [0.1, 0.15) is 124 Å². The molecule has 3 atom stereocenters. The molecule has 0 saturated carbocycles. The summed E-state index contributed by atoms with van der Waals surface area (Å²) in [5, 5.41) is 19.6. The maximum absolute atomic E-state index is 12.1. The predicted molar refractivity (Wildman–Crippen MR) is 183 cm³/mol. The molecule has 0 aromatic carbocycles. The molecule has 0 aromatic heterocycles. The highest BCUT2D eigenvalue weighted by molar-refractivity contribution is 5.70. The molecule has 44 heavy (non-hydrogen) atoms. The Morgan fingerprint density at radius 2 is 1.36 bits per heavy atom. The van der Waals surface area contributed by atoms with E-state index in [9.17, 15) is 19.8 Å². The van der Waals surface area contributed by atoms with Crippen molar-refractivity contribution < 1.29 is 29.3 Å². The van der Waals surface area contributed by atoms with E-state index in [1.807, 2.05) is 30.4 Å². The Morgan fingerprint density at radius 3 is 2.02 bits per heavy atom. The van der Waals surface area contributed by atoms with E-state index in [4.69, 9.17) is 9.47 Å². The number of aliphatic hydroxyl groups excluding tert-OH is 2. The minimum Gasteiger partial charge on any atom is -0.462 e. The average Bonchev–Trinajstić information content (AvgIpc) is 3.02. The van der Waals surface area contributed by atoms with Gasteiger partial charge in [0.05, 0.1) is 12.7 Å². The minimum atomic E-state index is -0.855. The molecule has 6 heteroatoms. The Morgan fingerprint density at radius 1 is 0.727 bits per heavy atom. The summed E-state index contributed by atoms with van der Waals surface area (Å²) in [7, 11) is 0. The number of rotatable bonds is 28. The van der Waals surface area contributed by atoms with Crippen LogP contribution in [0.2, 0.25) is 0 Å². The van der Waals surface area contributed by atoms with Crippen LogP contribution in [0.4, 0.5) is 0 Å². The molecule has 0 radical (unpaired) electrons. The van der Waals surface area contributed by atoms with Gasteiger partial charge in [-0.3, -0.25) is 9.59 Å². The molecule has 0 aliphatic heterocycles. The van der Waals surface area contributed by atoms with Crippen LogP contribution >= 0.6 is 0 Å². The van der Waals surface area contributed by atoms with Crippen LogP contribution in [-0.4, -0.2) is 47.6 Å². The van der Waals surface area contributed by atoms with E-state index in [2.05, 4.69) is 57.2 Å². The largest absolute Gasteiger partial charge is 0.462 e. The molecule has 0 saturated heterocycles. The second-order valence-corrected chi connectivity index (χ2v) is 11.3. The number of hydrogen-bond donors (Lipinski definition) is 2. The zero-order valence-electron chi connectivity index (χ0n) is 27.9. The SMILES string of the molecule is CC/C=C\C/C=C\C/C=C\C/C=C\C=C/C(O)C/C=C\CCC(=O)O[C@@H](CO)COC(=O)CCCCCCCCC(C)CC. The van der Waals surface area contributed by atoms with Crippen molar-refractivity contribution in [3.63, 3.8) is 0 Å². The fourth-order valence-corrected chi connectivity index (χ4v) is 4.17. The van der Waals surface area contributed by atoms with Crippen molar-refractivity contribution in [2.24, 2.45) is 5.92 Å². The molecule has 0 aromatic rings. The molecule has 0 aliphatic carbocycles. The molecule has 0 aliphatic rings. The Labute approximate surface area is 268 Å². The maximum atomic E-state index is 12.1. The van der Waals surface area contributed by atoms with Crippen molar-refractivity contribution in [2.75, 3.05) is 13.2 Å². The lowest BCUT2D eigenvalue weighted by Gasteiger charge is -2.15. The summed E-state index contributed by atoms with van der Waals surface area (Å²) in [6, 6.07) is 0. The van der Waals surface area contributed by atoms with Crippen LogP contribution in [-0.2, 0) is 19.1 Å². The number of aliphatic hydroxyl groups is 2. The summed E-state index contributed by atoms with van der Waals surface area (Å²) in [5.41, 5.74) is 0. The summed E-state index contributed by atoms with van der Waals surface area (Å²) in [6.07, 6.45) is 37.1. The molecule has 0 rings (SSSR count). The Kier molecular flexibility index (Phi) is 29.8. The monoisotopic (exact) mass is 614 g/mol. The highest BCUT2D eigenvalue weighted by Gasteiger charge is 2.15. The van der Waals surface area contributed by atoms with Gasteiger partial charge in [-0.05, 0) is 50.9 Å². The standard InChI is InChI=1S/C38H62O6/c1-4-6-7-8-9-10-11-12-13-14-15-19-23-28-35(40)29-24-21-26-31-38(42)44-36(32-39)33-43-37(41)30-25-20-17-16-18-22-27-34(3)5-2/h6-7,9-10,12-13,15,19,21,23-24,28,34-36,39-40H,4-5,8,11,14,16-18,20,22,25-27,29-33H2,1-3H3/b7-6-,10-9-,13-12-,19-15-,24-21-,28-23-/t34?,35?,36-/m0/s1. The van der Waals surface area contributed by atoms with E-state index in [-0.39, 0.29) is 19.0 Å². The highest BCUT2D eigenvalue weighted by Crippen LogP contribution is 2.14. The third kappa shape index (κ3) is 29.4. The van der Waals surface area contributed by atoms with Gasteiger partial charge >= 0.3 is 11.9 Å². The Hall–Kier alpha value is -2.70. The van der Waals surface area contributed by atoms with Crippen LogP contribution in [0.3, 0.4) is 0 Å². The first-order chi connectivity index (χ1) is 21.4. The smallest absolute Gasteiger partial charge is 0.306 e. The van der Waals surface area contributed by atoms with Crippen molar-refractivity contribution in [3.8, 4) is 0 Å². The van der Waals surface area contributed by atoms with E-state index in [0.29, 0.717) is 19.3 Å². The van der Waals surface area contributed by atoms with Gasteiger partial charge in [0, 0.05) is 12.8 Å². The molecule has 2 unspecified atom stereocenters. The molecule has 0 heterocycles. The number of ether oxygens (including phenoxy) is 2. The van der Waals surface area contributed by atoms with Gasteiger partial charge in [0.1, 0.15) is 6.61 Å². The third-order valence-electron chi connectivity index (χ3n) is 7.15. The van der Waals surface area contributed by atoms with E-state index in [1.54, 1.807) is 6.08 Å². The fraction of sp³-hybridized carbons (Fsp3) is 0.632. The van der Waals surface area contributed by atoms with Gasteiger partial charge in [0.2, 0.25) is 0 Å². The Balaban J connectivity index is 3.91. The summed E-state index contributed by atoms with van der Waals surface area (Å²) in [4.78, 5) is 24.1.